The number of amides is 9. The fraction of sp³-hybridized carbons (Fsp3) is 0.557. The second-order valence-corrected chi connectivity index (χ2v) is 34.4. The normalized spacial score (nSPS) is 18.7. The van der Waals surface area contributed by atoms with Crippen LogP contribution in [0.25, 0.3) is 0 Å². The zero-order valence-corrected chi connectivity index (χ0v) is 76.9. The van der Waals surface area contributed by atoms with Gasteiger partial charge in [-0.05, 0) is 203 Å². The largest absolute Gasteiger partial charge is 0.394 e. The highest BCUT2D eigenvalue weighted by atomic mass is 127. The molecule has 16 atom stereocenters. The van der Waals surface area contributed by atoms with Crippen LogP contribution in [-0.4, -0.2) is 404 Å². The van der Waals surface area contributed by atoms with Crippen LogP contribution in [0.4, 0.5) is 17.1 Å². The molecule has 29 N–H and O–H groups in total. The average Bonchev–Trinajstić information content (AvgIpc) is 0.746. The van der Waals surface area contributed by atoms with Gasteiger partial charge < -0.3 is 169 Å². The molecule has 3 aromatic rings. The van der Waals surface area contributed by atoms with Crippen LogP contribution >= 0.6 is 203 Å². The highest BCUT2D eigenvalue weighted by molar-refractivity contribution is 14.1. The van der Waals surface area contributed by atoms with Gasteiger partial charge in [0.1, 0.15) is 36.6 Å². The summed E-state index contributed by atoms with van der Waals surface area (Å²) >= 11 is 13.5. The maximum atomic E-state index is 16.6. The molecule has 0 aliphatic carbocycles. The van der Waals surface area contributed by atoms with Gasteiger partial charge in [0, 0.05) is 69.5 Å². The number of piperidine rings is 1. The van der Waals surface area contributed by atoms with E-state index in [4.69, 9.17) is 0 Å². The molecule has 0 spiro atoms. The first-order valence-corrected chi connectivity index (χ1v) is 42.1. The summed E-state index contributed by atoms with van der Waals surface area (Å²) in [5.74, 6) is -12.2. The smallest absolute Gasteiger partial charge is 0.256 e. The lowest BCUT2D eigenvalue weighted by Gasteiger charge is -2.49. The molecule has 0 bridgehead atoms. The zero-order valence-electron chi connectivity index (χ0n) is 57.4. The highest BCUT2D eigenvalue weighted by Gasteiger charge is 2.52. The quantitative estimate of drug-likeness (QED) is 0.0186. The summed E-state index contributed by atoms with van der Waals surface area (Å²) in [6, 6.07) is -4.46. The van der Waals surface area contributed by atoms with Gasteiger partial charge in [-0.2, -0.15) is 0 Å². The van der Waals surface area contributed by atoms with Crippen LogP contribution in [0.5, 0.6) is 0 Å². The summed E-state index contributed by atoms with van der Waals surface area (Å²) in [7, 11) is 0. The second kappa shape index (κ2) is 47.6. The number of hydrogen-bond acceptors (Lipinski definition) is 33. The molecular formula is C61H80I9N9O33. The van der Waals surface area contributed by atoms with Gasteiger partial charge in [0.15, 0.2) is 18.5 Å². The molecule has 42 nitrogen and oxygen atoms in total. The number of hydrogen-bond donors (Lipinski definition) is 29. The molecule has 1 heterocycles. The summed E-state index contributed by atoms with van der Waals surface area (Å²) < 4.78 is -3.15. The van der Waals surface area contributed by atoms with E-state index in [1.54, 1.807) is 22.6 Å². The number of carbonyl (C=O) groups is 9. The van der Waals surface area contributed by atoms with Crippen LogP contribution < -0.4 is 26.6 Å². The van der Waals surface area contributed by atoms with Crippen molar-refractivity contribution in [3.05, 3.63) is 65.5 Å². The molecule has 0 radical (unpaired) electrons. The molecule has 9 amide bonds. The molecule has 4 rings (SSSR count). The summed E-state index contributed by atoms with van der Waals surface area (Å²) in [5, 5.41) is 263. The van der Waals surface area contributed by atoms with E-state index in [9.17, 15) is 147 Å². The van der Waals surface area contributed by atoms with Gasteiger partial charge in [0.05, 0.1) is 173 Å². The Morgan fingerprint density at radius 1 is 0.339 bits per heavy atom. The Labute approximate surface area is 757 Å². The fourth-order valence-corrected chi connectivity index (χ4v) is 23.8. The van der Waals surface area contributed by atoms with Crippen LogP contribution in [0.2, 0.25) is 0 Å². The third kappa shape index (κ3) is 25.8. The van der Waals surface area contributed by atoms with Gasteiger partial charge in [0.25, 0.3) is 53.2 Å². The second-order valence-electron chi connectivity index (χ2n) is 24.7. The number of rotatable bonds is 40. The molecule has 0 aromatic heterocycles. The number of anilines is 3. The van der Waals surface area contributed by atoms with Crippen molar-refractivity contribution in [3.63, 3.8) is 0 Å². The molecule has 3 aromatic carbocycles. The molecule has 1 aliphatic rings. The molecule has 12 unspecified atom stereocenters. The number of aliphatic hydroxyl groups is 24. The van der Waals surface area contributed by atoms with Gasteiger partial charge in [-0.3, -0.25) is 43.2 Å². The molecular weight excluding hydrogens is 2530 g/mol. The number of nitrogens with zero attached hydrogens (tertiary/aromatic N) is 4. The third-order valence-corrected chi connectivity index (χ3v) is 26.2. The maximum Gasteiger partial charge on any atom is 0.256 e. The van der Waals surface area contributed by atoms with Gasteiger partial charge in [0.2, 0.25) is 0 Å². The van der Waals surface area contributed by atoms with Crippen molar-refractivity contribution in [1.82, 2.24) is 30.2 Å². The van der Waals surface area contributed by atoms with E-state index < -0.39 is 326 Å². The van der Waals surface area contributed by atoms with Crippen molar-refractivity contribution in [2.24, 2.45) is 0 Å². The van der Waals surface area contributed by atoms with Crippen LogP contribution in [0.1, 0.15) is 68.6 Å². The monoisotopic (exact) mass is 2610 g/mol. The van der Waals surface area contributed by atoms with Gasteiger partial charge in [-0.25, -0.2) is 0 Å². The van der Waals surface area contributed by atoms with E-state index in [1.165, 1.54) is 181 Å². The Kier molecular flexibility index (Phi) is 43.7. The lowest BCUT2D eigenvalue weighted by atomic mass is 9.86. The predicted molar refractivity (Wildman–Crippen MR) is 459 cm³/mol. The van der Waals surface area contributed by atoms with Crippen LogP contribution in [0.3, 0.4) is 0 Å². The Morgan fingerprint density at radius 2 is 0.589 bits per heavy atom. The predicted octanol–water partition coefficient (Wildman–Crippen LogP) is -8.99. The van der Waals surface area contributed by atoms with Crippen molar-refractivity contribution < 1.29 is 166 Å². The topological polar surface area (TPSA) is 712 Å². The molecule has 630 valence electrons. The number of benzene rings is 3. The minimum Gasteiger partial charge on any atom is -0.394 e. The van der Waals surface area contributed by atoms with Crippen LogP contribution in [0, 0.1) is 32.1 Å². The first-order chi connectivity index (χ1) is 52.4. The SMILES string of the molecule is O=C(NC[C@@H]1C(O)[C@H](O)[C@@H](O)[C@H](CNC(=O)c2c(I)c(NC(=O)C(O)C(O)CO)c(I)c(C(=O)N(CC(O)CO)CC(O)CO)c2I)N1C(=O)c1c(I)c(NC(=O)C(O)C(O)CO)c(I)c(C(=O)N(CC(O)CO)CC(O)CO)c1I)c1c(I)c(NC(=O)C(O)CC(O)O)c(I)c(C(=O)N(CC(O)CO)CC(O)CO)c1I. The van der Waals surface area contributed by atoms with E-state index in [0.717, 1.165) is 9.80 Å². The van der Waals surface area contributed by atoms with E-state index in [2.05, 4.69) is 26.6 Å². The lowest BCUT2D eigenvalue weighted by Crippen LogP contribution is -2.71. The van der Waals surface area contributed by atoms with Crippen molar-refractivity contribution in [2.45, 2.75) is 110 Å². The van der Waals surface area contributed by atoms with Crippen molar-refractivity contribution in [2.75, 3.05) is 121 Å². The maximum absolute atomic E-state index is 16.6. The van der Waals surface area contributed by atoms with Crippen molar-refractivity contribution in [1.29, 1.82) is 0 Å². The van der Waals surface area contributed by atoms with E-state index in [-0.39, 0.29) is 25.0 Å². The van der Waals surface area contributed by atoms with Gasteiger partial charge >= 0.3 is 0 Å². The Hall–Kier alpha value is -1.50. The highest BCUT2D eigenvalue weighted by Crippen LogP contribution is 2.42. The number of halogens is 9. The lowest BCUT2D eigenvalue weighted by molar-refractivity contribution is -0.149. The number of carbonyl (C=O) groups excluding carboxylic acids is 9. The standard InChI is InChI=1S/C61H80I9N9O33/c62-36-30(39(65)45(73-53(104)26(94)1-29(97)98)41(67)32(36)58(109)76(4-18(88)10-80)5-19(89)11-81)54(105)71-2-24-48(99)52(103)49(100)25(3-72-55(106)31-37(63)33(59(110)77(6-20(90)12-82)7-21(91)13-83)42(68)46(40(31)66)74-56(107)50(101)27(95)16-86)79(24)61(112)35-38(64)34(60(111)78(8-22(92)14-84)9-23(93)15-85)43(69)47(44(35)70)75-57(108)51(102)28(96)17-87/h18-29,48-52,80-103H,1-17H2,(H,71,105)(H,72,106)(H,73,104)(H,74,107)(H,75,108)/t18?,19?,20?,21?,22?,23?,24-,25+,26?,27?,28?,48?,49+,50?,51?,52+/m1/s1. The van der Waals surface area contributed by atoms with Gasteiger partial charge in [-0.15, -0.1) is 0 Å². The minimum atomic E-state index is -2.52. The summed E-state index contributed by atoms with van der Waals surface area (Å²) in [4.78, 5) is 136. The molecule has 1 saturated heterocycles. The Morgan fingerprint density at radius 3 is 0.848 bits per heavy atom. The van der Waals surface area contributed by atoms with Gasteiger partial charge in [-0.1, -0.05) is 0 Å². The Bertz CT molecular complexity index is 3830. The van der Waals surface area contributed by atoms with Crippen molar-refractivity contribution >= 4 is 274 Å². The Balaban J connectivity index is 2.26. The van der Waals surface area contributed by atoms with E-state index in [1.807, 2.05) is 0 Å². The number of aliphatic hydroxyl groups excluding tert-OH is 23. The summed E-state index contributed by atoms with van der Waals surface area (Å²) in [6.07, 6.45) is -32.7. The first kappa shape index (κ1) is 103. The summed E-state index contributed by atoms with van der Waals surface area (Å²) in [6.45, 7) is -15.5. The van der Waals surface area contributed by atoms with E-state index >= 15 is 19.2 Å². The fourth-order valence-electron chi connectivity index (χ4n) is 10.7. The number of nitrogens with one attached hydrogen (secondary N) is 5. The third-order valence-electron chi connectivity index (χ3n) is 16.5. The van der Waals surface area contributed by atoms with Crippen LogP contribution in [-0.2, 0) is 14.4 Å². The molecule has 51 heteroatoms. The van der Waals surface area contributed by atoms with Crippen molar-refractivity contribution in [3.8, 4) is 0 Å². The average molecular weight is 2610 g/mol. The molecule has 112 heavy (non-hydrogen) atoms. The molecule has 1 aliphatic heterocycles. The summed E-state index contributed by atoms with van der Waals surface area (Å²) in [5.41, 5.74) is -5.32. The first-order valence-electron chi connectivity index (χ1n) is 32.4. The van der Waals surface area contributed by atoms with E-state index in [0.29, 0.717) is 9.80 Å². The number of likely N-dealkylation sites (tertiary alicyclic amines) is 1. The minimum absolute atomic E-state index is 0.249. The zero-order chi connectivity index (χ0) is 85.3. The van der Waals surface area contributed by atoms with Crippen LogP contribution in [0.15, 0.2) is 0 Å². The molecule has 1 fully saturated rings. The molecule has 0 saturated carbocycles.